The van der Waals surface area contributed by atoms with Crippen LogP contribution in [0.25, 0.3) is 0 Å². The lowest BCUT2D eigenvalue weighted by atomic mass is 9.87. The highest BCUT2D eigenvalue weighted by Gasteiger charge is 2.18. The summed E-state index contributed by atoms with van der Waals surface area (Å²) in [7, 11) is 0. The van der Waals surface area contributed by atoms with Crippen molar-refractivity contribution < 1.29 is 4.79 Å². The Morgan fingerprint density at radius 3 is 2.23 bits per heavy atom. The Morgan fingerprint density at radius 1 is 1.14 bits per heavy atom. The summed E-state index contributed by atoms with van der Waals surface area (Å²) in [5.74, 6) is -0.0524. The van der Waals surface area contributed by atoms with Gasteiger partial charge in [0.05, 0.1) is 5.69 Å². The Kier molecular flexibility index (Phi) is 4.55. The van der Waals surface area contributed by atoms with Gasteiger partial charge in [0.25, 0.3) is 5.91 Å². The molecule has 0 saturated carbocycles. The van der Waals surface area contributed by atoms with Crippen molar-refractivity contribution in [2.24, 2.45) is 0 Å². The molecule has 2 rings (SSSR count). The number of benzene rings is 1. The van der Waals surface area contributed by atoms with Crippen molar-refractivity contribution in [3.05, 3.63) is 52.3 Å². The largest absolute Gasteiger partial charge is 0.278 e. The fraction of sp³-hybridized carbons (Fsp3) is 0.474. The normalized spacial score (nSPS) is 11.7. The van der Waals surface area contributed by atoms with E-state index < -0.39 is 0 Å². The van der Waals surface area contributed by atoms with Gasteiger partial charge in [-0.1, -0.05) is 46.2 Å². The zero-order chi connectivity index (χ0) is 16.5. The van der Waals surface area contributed by atoms with Crippen LogP contribution < -0.4 is 0 Å². The second-order valence-electron chi connectivity index (χ2n) is 6.94. The van der Waals surface area contributed by atoms with E-state index in [9.17, 15) is 4.79 Å². The fourth-order valence-electron chi connectivity index (χ4n) is 2.72. The summed E-state index contributed by atoms with van der Waals surface area (Å²) in [6.45, 7) is 12.6. The smallest absolute Gasteiger partial charge is 0.267 e. The van der Waals surface area contributed by atoms with Crippen LogP contribution in [-0.4, -0.2) is 15.7 Å². The van der Waals surface area contributed by atoms with Crippen LogP contribution in [-0.2, 0) is 11.8 Å². The lowest BCUT2D eigenvalue weighted by Crippen LogP contribution is -2.16. The predicted octanol–water partition coefficient (Wildman–Crippen LogP) is 4.44. The Hall–Kier alpha value is -1.90. The van der Waals surface area contributed by atoms with Gasteiger partial charge in [-0.25, -0.2) is 4.68 Å². The SMILES string of the molecule is CCCc1c(C)nn(C(=O)c2ccc(C(C)(C)C)cc2)c1C. The van der Waals surface area contributed by atoms with Crippen LogP contribution in [0.5, 0.6) is 0 Å². The molecule has 0 aliphatic rings. The molecule has 0 N–H and O–H groups in total. The average molecular weight is 298 g/mol. The Balaban J connectivity index is 2.34. The summed E-state index contributed by atoms with van der Waals surface area (Å²) < 4.78 is 1.55. The molecule has 0 unspecified atom stereocenters. The van der Waals surface area contributed by atoms with Gasteiger partial charge in [0, 0.05) is 11.3 Å². The molecule has 0 radical (unpaired) electrons. The molecule has 118 valence electrons. The fourth-order valence-corrected chi connectivity index (χ4v) is 2.72. The van der Waals surface area contributed by atoms with Gasteiger partial charge in [-0.2, -0.15) is 5.10 Å². The molecule has 0 bridgehead atoms. The number of aryl methyl sites for hydroxylation is 1. The molecule has 0 fully saturated rings. The minimum atomic E-state index is -0.0524. The zero-order valence-electron chi connectivity index (χ0n) is 14.5. The molecule has 1 heterocycles. The number of carbonyl (C=O) groups is 1. The summed E-state index contributed by atoms with van der Waals surface area (Å²) in [5, 5.41) is 4.44. The first-order valence-electron chi connectivity index (χ1n) is 7.96. The van der Waals surface area contributed by atoms with Crippen LogP contribution in [0, 0.1) is 13.8 Å². The Labute approximate surface area is 133 Å². The minimum absolute atomic E-state index is 0.0524. The van der Waals surface area contributed by atoms with Crippen molar-refractivity contribution in [2.45, 2.75) is 59.8 Å². The van der Waals surface area contributed by atoms with E-state index >= 15 is 0 Å². The maximum atomic E-state index is 12.7. The summed E-state index contributed by atoms with van der Waals surface area (Å²) in [5.41, 5.74) is 5.12. The van der Waals surface area contributed by atoms with E-state index in [1.54, 1.807) is 4.68 Å². The summed E-state index contributed by atoms with van der Waals surface area (Å²) in [6.07, 6.45) is 2.02. The van der Waals surface area contributed by atoms with Crippen molar-refractivity contribution in [1.82, 2.24) is 9.78 Å². The molecule has 3 heteroatoms. The quantitative estimate of drug-likeness (QED) is 0.839. The van der Waals surface area contributed by atoms with Gasteiger partial charge in [-0.3, -0.25) is 4.79 Å². The van der Waals surface area contributed by atoms with Crippen molar-refractivity contribution >= 4 is 5.91 Å². The molecule has 1 aromatic carbocycles. The third-order valence-corrected chi connectivity index (χ3v) is 4.13. The molecular weight excluding hydrogens is 272 g/mol. The van der Waals surface area contributed by atoms with Crippen LogP contribution in [0.3, 0.4) is 0 Å². The van der Waals surface area contributed by atoms with Crippen LogP contribution >= 0.6 is 0 Å². The van der Waals surface area contributed by atoms with Crippen molar-refractivity contribution in [2.75, 3.05) is 0 Å². The third-order valence-electron chi connectivity index (χ3n) is 4.13. The zero-order valence-corrected chi connectivity index (χ0v) is 14.5. The van der Waals surface area contributed by atoms with Gasteiger partial charge >= 0.3 is 0 Å². The van der Waals surface area contributed by atoms with E-state index in [2.05, 4.69) is 32.8 Å². The molecule has 22 heavy (non-hydrogen) atoms. The first kappa shape index (κ1) is 16.5. The molecule has 1 aromatic heterocycles. The van der Waals surface area contributed by atoms with Gasteiger partial charge < -0.3 is 0 Å². The lowest BCUT2D eigenvalue weighted by molar-refractivity contribution is 0.0942. The molecule has 0 atom stereocenters. The first-order chi connectivity index (χ1) is 10.3. The molecular formula is C19H26N2O. The van der Waals surface area contributed by atoms with Gasteiger partial charge in [-0.15, -0.1) is 0 Å². The second-order valence-corrected chi connectivity index (χ2v) is 6.94. The van der Waals surface area contributed by atoms with Crippen molar-refractivity contribution in [3.8, 4) is 0 Å². The van der Waals surface area contributed by atoms with Crippen LogP contribution in [0.15, 0.2) is 24.3 Å². The highest BCUT2D eigenvalue weighted by Crippen LogP contribution is 2.23. The Bertz CT molecular complexity index is 673. The van der Waals surface area contributed by atoms with Crippen molar-refractivity contribution in [3.63, 3.8) is 0 Å². The highest BCUT2D eigenvalue weighted by atomic mass is 16.2. The molecule has 3 nitrogen and oxygen atoms in total. The number of aromatic nitrogens is 2. The number of hydrogen-bond acceptors (Lipinski definition) is 2. The number of carbonyl (C=O) groups excluding carboxylic acids is 1. The maximum Gasteiger partial charge on any atom is 0.278 e. The van der Waals surface area contributed by atoms with Gasteiger partial charge in [0.2, 0.25) is 0 Å². The molecule has 0 aliphatic heterocycles. The maximum absolute atomic E-state index is 12.7. The van der Waals surface area contributed by atoms with Gasteiger partial charge in [0.1, 0.15) is 0 Å². The van der Waals surface area contributed by atoms with Crippen molar-refractivity contribution in [1.29, 1.82) is 0 Å². The second kappa shape index (κ2) is 6.07. The van der Waals surface area contributed by atoms with Crippen LogP contribution in [0.1, 0.15) is 67.0 Å². The topological polar surface area (TPSA) is 34.9 Å². The molecule has 0 saturated heterocycles. The lowest BCUT2D eigenvalue weighted by Gasteiger charge is -2.19. The van der Waals surface area contributed by atoms with E-state index in [1.807, 2.05) is 38.1 Å². The minimum Gasteiger partial charge on any atom is -0.267 e. The number of rotatable bonds is 3. The number of nitrogens with zero attached hydrogens (tertiary/aromatic N) is 2. The van der Waals surface area contributed by atoms with E-state index in [4.69, 9.17) is 0 Å². The average Bonchev–Trinajstić information content (AvgIpc) is 2.74. The van der Waals surface area contributed by atoms with Crippen LogP contribution in [0.4, 0.5) is 0 Å². The standard InChI is InChI=1S/C19H26N2O/c1-7-8-17-13(2)20-21(14(17)3)18(22)15-9-11-16(12-10-15)19(4,5)6/h9-12H,7-8H2,1-6H3. The Morgan fingerprint density at radius 2 is 1.73 bits per heavy atom. The highest BCUT2D eigenvalue weighted by molar-refractivity contribution is 5.96. The van der Waals surface area contributed by atoms with Gasteiger partial charge in [-0.05, 0) is 48.9 Å². The van der Waals surface area contributed by atoms with E-state index in [0.717, 1.165) is 24.2 Å². The number of hydrogen-bond donors (Lipinski definition) is 0. The summed E-state index contributed by atoms with van der Waals surface area (Å²) >= 11 is 0. The first-order valence-corrected chi connectivity index (χ1v) is 7.96. The summed E-state index contributed by atoms with van der Waals surface area (Å²) in [4.78, 5) is 12.7. The third kappa shape index (κ3) is 3.13. The predicted molar refractivity (Wildman–Crippen MR) is 90.6 cm³/mol. The summed E-state index contributed by atoms with van der Waals surface area (Å²) in [6, 6.07) is 7.87. The molecule has 0 spiro atoms. The van der Waals surface area contributed by atoms with Crippen LogP contribution in [0.2, 0.25) is 0 Å². The molecule has 2 aromatic rings. The van der Waals surface area contributed by atoms with E-state index in [0.29, 0.717) is 5.56 Å². The van der Waals surface area contributed by atoms with Gasteiger partial charge in [0.15, 0.2) is 0 Å². The molecule has 0 aliphatic carbocycles. The van der Waals surface area contributed by atoms with E-state index in [1.165, 1.54) is 11.1 Å². The van der Waals surface area contributed by atoms with E-state index in [-0.39, 0.29) is 11.3 Å². The monoisotopic (exact) mass is 298 g/mol. The molecule has 0 amide bonds.